The Balaban J connectivity index is 0.00000128. The molecule has 2 aliphatic rings. The molecule has 0 aromatic heterocycles. The normalized spacial score (nSPS) is 38.9. The van der Waals surface area contributed by atoms with Gasteiger partial charge < -0.3 is 4.74 Å². The molecule has 0 spiro atoms. The van der Waals surface area contributed by atoms with E-state index < -0.39 is 0 Å². The van der Waals surface area contributed by atoms with E-state index in [0.29, 0.717) is 11.3 Å². The third kappa shape index (κ3) is 1.87. The Morgan fingerprint density at radius 3 is 2.44 bits per heavy atom. The molecular formula is C13H22CaO2. The van der Waals surface area contributed by atoms with Gasteiger partial charge in [0, 0.05) is 11.5 Å². The quantitative estimate of drug-likeness (QED) is 0.426. The molecule has 88 valence electrons. The number of rotatable bonds is 2. The minimum atomic E-state index is -0.274. The van der Waals surface area contributed by atoms with Gasteiger partial charge in [0.2, 0.25) is 0 Å². The van der Waals surface area contributed by atoms with E-state index in [2.05, 4.69) is 27.4 Å². The van der Waals surface area contributed by atoms with Crippen molar-refractivity contribution in [3.8, 4) is 0 Å². The van der Waals surface area contributed by atoms with Crippen molar-refractivity contribution in [1.82, 2.24) is 0 Å². The summed E-state index contributed by atoms with van der Waals surface area (Å²) in [7, 11) is 0. The van der Waals surface area contributed by atoms with Gasteiger partial charge in [0.05, 0.1) is 0 Å². The van der Waals surface area contributed by atoms with E-state index in [1.54, 1.807) is 0 Å². The van der Waals surface area contributed by atoms with Crippen molar-refractivity contribution in [3.63, 3.8) is 0 Å². The summed E-state index contributed by atoms with van der Waals surface area (Å²) in [6, 6.07) is 0. The van der Waals surface area contributed by atoms with Crippen LogP contribution in [0.2, 0.25) is 0 Å². The van der Waals surface area contributed by atoms with Crippen LogP contribution >= 0.6 is 0 Å². The first-order chi connectivity index (χ1) is 6.91. The van der Waals surface area contributed by atoms with Crippen LogP contribution in [0.15, 0.2) is 12.7 Å². The molecule has 0 aliphatic heterocycles. The second kappa shape index (κ2) is 4.62. The van der Waals surface area contributed by atoms with Gasteiger partial charge in [0.1, 0.15) is 6.10 Å². The predicted molar refractivity (Wildman–Crippen MR) is 67.9 cm³/mol. The first-order valence-corrected chi connectivity index (χ1v) is 5.75. The van der Waals surface area contributed by atoms with Gasteiger partial charge in [-0.2, -0.15) is 0 Å². The Morgan fingerprint density at radius 1 is 1.44 bits per heavy atom. The Bertz CT molecular complexity index is 311. The SMILES string of the molecule is C=CC(=O)OC1C[C@H]2CC[C@@]1(C)C2(C)C.[CaH2]. The second-order valence-corrected chi connectivity index (χ2v) is 5.74. The molecule has 0 N–H and O–H groups in total. The summed E-state index contributed by atoms with van der Waals surface area (Å²) in [5, 5.41) is 0. The Morgan fingerprint density at radius 2 is 2.06 bits per heavy atom. The number of ether oxygens (including phenoxy) is 1. The van der Waals surface area contributed by atoms with Gasteiger partial charge in [-0.15, -0.1) is 0 Å². The van der Waals surface area contributed by atoms with Crippen LogP contribution in [0.1, 0.15) is 40.0 Å². The average molecular weight is 250 g/mol. The first kappa shape index (κ1) is 14.5. The zero-order valence-corrected chi connectivity index (χ0v) is 9.88. The molecule has 0 saturated heterocycles. The van der Waals surface area contributed by atoms with E-state index in [0.717, 1.165) is 6.42 Å². The summed E-state index contributed by atoms with van der Waals surface area (Å²) in [5.41, 5.74) is 0.468. The minimum absolute atomic E-state index is 0. The van der Waals surface area contributed by atoms with Crippen molar-refractivity contribution in [2.45, 2.75) is 46.1 Å². The van der Waals surface area contributed by atoms with Gasteiger partial charge in [-0.25, -0.2) is 4.79 Å². The van der Waals surface area contributed by atoms with Crippen LogP contribution in [-0.2, 0) is 9.53 Å². The molecule has 1 unspecified atom stereocenters. The molecule has 0 amide bonds. The third-order valence-electron chi connectivity index (χ3n) is 5.14. The zero-order chi connectivity index (χ0) is 11.3. The van der Waals surface area contributed by atoms with E-state index in [9.17, 15) is 4.79 Å². The summed E-state index contributed by atoms with van der Waals surface area (Å²) in [5.74, 6) is 0.440. The molecule has 3 atom stereocenters. The molecule has 0 aromatic carbocycles. The van der Waals surface area contributed by atoms with Gasteiger partial charge in [-0.05, 0) is 30.6 Å². The number of hydrogen-bond donors (Lipinski definition) is 0. The average Bonchev–Trinajstić information content (AvgIpc) is 2.50. The van der Waals surface area contributed by atoms with Gasteiger partial charge in [-0.1, -0.05) is 27.4 Å². The summed E-state index contributed by atoms with van der Waals surface area (Å²) < 4.78 is 5.48. The van der Waals surface area contributed by atoms with Crippen LogP contribution in [0.5, 0.6) is 0 Å². The standard InChI is InChI=1S/C13H20O2.Ca.2H/c1-5-11(14)15-10-8-9-6-7-13(10,4)12(9,2)3;;;/h5,9-10H,1,6-8H2,2-4H3;;;/t9-,10?,13-;;;/m1.../s1. The number of fused-ring (bicyclic) bond motifs is 2. The summed E-state index contributed by atoms with van der Waals surface area (Å²) in [6.45, 7) is 10.3. The maximum atomic E-state index is 11.3. The molecule has 2 fully saturated rings. The van der Waals surface area contributed by atoms with Crippen LogP contribution < -0.4 is 0 Å². The number of carbonyl (C=O) groups excluding carboxylic acids is 1. The fraction of sp³-hybridized carbons (Fsp3) is 0.769. The van der Waals surface area contributed by atoms with Gasteiger partial charge in [0.25, 0.3) is 0 Å². The van der Waals surface area contributed by atoms with E-state index in [4.69, 9.17) is 4.74 Å². The van der Waals surface area contributed by atoms with Crippen LogP contribution in [-0.4, -0.2) is 49.8 Å². The van der Waals surface area contributed by atoms with Gasteiger partial charge in [0.15, 0.2) is 0 Å². The van der Waals surface area contributed by atoms with Crippen molar-refractivity contribution >= 4 is 43.7 Å². The van der Waals surface area contributed by atoms with Crippen LogP contribution in [0.3, 0.4) is 0 Å². The monoisotopic (exact) mass is 250 g/mol. The zero-order valence-electron chi connectivity index (χ0n) is 9.88. The molecular weight excluding hydrogens is 228 g/mol. The number of hydrogen-bond acceptors (Lipinski definition) is 2. The summed E-state index contributed by atoms with van der Waals surface area (Å²) >= 11 is 0. The molecule has 3 heteroatoms. The Hall–Kier alpha value is 0.470. The fourth-order valence-corrected chi connectivity index (χ4v) is 3.50. The molecule has 2 aliphatic carbocycles. The molecule has 2 saturated carbocycles. The van der Waals surface area contributed by atoms with Gasteiger partial charge in [-0.3, -0.25) is 0 Å². The predicted octanol–water partition coefficient (Wildman–Crippen LogP) is 2.01. The van der Waals surface area contributed by atoms with E-state index in [-0.39, 0.29) is 55.2 Å². The summed E-state index contributed by atoms with van der Waals surface area (Å²) in [6.07, 6.45) is 4.85. The van der Waals surface area contributed by atoms with Crippen molar-refractivity contribution in [1.29, 1.82) is 0 Å². The van der Waals surface area contributed by atoms with Crippen molar-refractivity contribution < 1.29 is 9.53 Å². The third-order valence-corrected chi connectivity index (χ3v) is 5.14. The van der Waals surface area contributed by atoms with Crippen molar-refractivity contribution in [3.05, 3.63) is 12.7 Å². The van der Waals surface area contributed by atoms with E-state index in [1.807, 2.05) is 0 Å². The van der Waals surface area contributed by atoms with E-state index >= 15 is 0 Å². The number of esters is 1. The first-order valence-electron chi connectivity index (χ1n) is 5.75. The Labute approximate surface area is 128 Å². The van der Waals surface area contributed by atoms with Gasteiger partial charge >= 0.3 is 43.7 Å². The molecule has 0 aromatic rings. The van der Waals surface area contributed by atoms with Crippen LogP contribution in [0.4, 0.5) is 0 Å². The molecule has 2 bridgehead atoms. The molecule has 0 radical (unpaired) electrons. The molecule has 2 nitrogen and oxygen atoms in total. The second-order valence-electron chi connectivity index (χ2n) is 5.74. The molecule has 16 heavy (non-hydrogen) atoms. The van der Waals surface area contributed by atoms with Crippen molar-refractivity contribution in [2.24, 2.45) is 16.7 Å². The topological polar surface area (TPSA) is 26.3 Å². The Kier molecular flexibility index (Phi) is 4.20. The van der Waals surface area contributed by atoms with Crippen molar-refractivity contribution in [2.75, 3.05) is 0 Å². The molecule has 0 heterocycles. The number of carbonyl (C=O) groups is 1. The summed E-state index contributed by atoms with van der Waals surface area (Å²) in [4.78, 5) is 11.3. The maximum absolute atomic E-state index is 11.3. The van der Waals surface area contributed by atoms with Crippen LogP contribution in [0, 0.1) is 16.7 Å². The fourth-order valence-electron chi connectivity index (χ4n) is 3.50. The van der Waals surface area contributed by atoms with Crippen LogP contribution in [0.25, 0.3) is 0 Å². The van der Waals surface area contributed by atoms with E-state index in [1.165, 1.54) is 18.9 Å². The molecule has 2 rings (SSSR count).